The number of azide groups is 1. The maximum atomic E-state index is 11.8. The monoisotopic (exact) mass is 353 g/mol. The van der Waals surface area contributed by atoms with E-state index in [1.54, 1.807) is 6.08 Å². The Morgan fingerprint density at radius 3 is 2.58 bits per heavy atom. The Labute approximate surface area is 147 Å². The second-order valence-corrected chi connectivity index (χ2v) is 7.57. The summed E-state index contributed by atoms with van der Waals surface area (Å²) in [5.74, 6) is -1.31. The summed E-state index contributed by atoms with van der Waals surface area (Å²) in [5.41, 5.74) is 8.45. The molecule has 132 valence electrons. The fourth-order valence-corrected chi connectivity index (χ4v) is 4.35. The maximum Gasteiger partial charge on any atom is 0.312 e. The van der Waals surface area contributed by atoms with Gasteiger partial charge in [0.05, 0.1) is 12.2 Å². The molecule has 6 nitrogen and oxygen atoms in total. The minimum Gasteiger partial charge on any atom is -0.481 e. The van der Waals surface area contributed by atoms with E-state index < -0.39 is 17.4 Å². The number of allylic oxidation sites excluding steroid dienone is 4. The van der Waals surface area contributed by atoms with Crippen molar-refractivity contribution < 1.29 is 14.6 Å². The van der Waals surface area contributed by atoms with Crippen LogP contribution in [0.5, 0.6) is 0 Å². The number of halogens is 1. The lowest BCUT2D eigenvalue weighted by Gasteiger charge is -2.46. The van der Waals surface area contributed by atoms with Crippen molar-refractivity contribution in [2.45, 2.75) is 58.3 Å². The molecule has 24 heavy (non-hydrogen) atoms. The van der Waals surface area contributed by atoms with Crippen molar-refractivity contribution in [1.82, 2.24) is 0 Å². The molecule has 1 unspecified atom stereocenters. The van der Waals surface area contributed by atoms with Crippen LogP contribution in [0.4, 0.5) is 0 Å². The summed E-state index contributed by atoms with van der Waals surface area (Å²) in [6.45, 7) is 6.01. The molecule has 6 atom stereocenters. The number of aliphatic carboxylic acids is 1. The van der Waals surface area contributed by atoms with E-state index in [0.29, 0.717) is 11.5 Å². The fraction of sp³-hybridized carbons (Fsp3) is 0.706. The zero-order valence-electron chi connectivity index (χ0n) is 14.2. The number of carbonyl (C=O) groups is 1. The van der Waals surface area contributed by atoms with Gasteiger partial charge in [-0.05, 0) is 62.0 Å². The number of rotatable bonds is 5. The maximum absolute atomic E-state index is 11.8. The lowest BCUT2D eigenvalue weighted by molar-refractivity contribution is -0.144. The Balaban J connectivity index is 2.43. The van der Waals surface area contributed by atoms with Gasteiger partial charge in [-0.25, -0.2) is 0 Å². The lowest BCUT2D eigenvalue weighted by atomic mass is 9.62. The van der Waals surface area contributed by atoms with E-state index >= 15 is 0 Å². The van der Waals surface area contributed by atoms with Crippen LogP contribution in [0.25, 0.3) is 10.4 Å². The topological polar surface area (TPSA) is 95.3 Å². The van der Waals surface area contributed by atoms with Gasteiger partial charge in [0.1, 0.15) is 6.04 Å². The van der Waals surface area contributed by atoms with Gasteiger partial charge in [-0.3, -0.25) is 4.79 Å². The third-order valence-corrected chi connectivity index (χ3v) is 5.41. The van der Waals surface area contributed by atoms with E-state index in [-0.39, 0.29) is 24.0 Å². The highest BCUT2D eigenvalue weighted by Gasteiger charge is 2.47. The van der Waals surface area contributed by atoms with Crippen LogP contribution in [0.2, 0.25) is 0 Å². The van der Waals surface area contributed by atoms with Gasteiger partial charge in [-0.1, -0.05) is 35.8 Å². The van der Waals surface area contributed by atoms with Crippen molar-refractivity contribution >= 4 is 17.6 Å². The molecule has 0 aromatic heterocycles. The van der Waals surface area contributed by atoms with Crippen molar-refractivity contribution in [3.63, 3.8) is 0 Å². The minimum atomic E-state index is -1.11. The molecule has 0 aromatic rings. The summed E-state index contributed by atoms with van der Waals surface area (Å²) >= 11 is 6.04. The molecule has 2 aliphatic rings. The quantitative estimate of drug-likeness (QED) is 0.442. The average Bonchev–Trinajstić information content (AvgIpc) is 2.49. The van der Waals surface area contributed by atoms with Crippen molar-refractivity contribution in [3.8, 4) is 0 Å². The van der Waals surface area contributed by atoms with Gasteiger partial charge in [0.25, 0.3) is 0 Å². The minimum absolute atomic E-state index is 0.0528. The van der Waals surface area contributed by atoms with Crippen molar-refractivity contribution in [3.05, 3.63) is 33.7 Å². The van der Waals surface area contributed by atoms with E-state index in [2.05, 4.69) is 10.0 Å². The number of hydrogen-bond acceptors (Lipinski definition) is 3. The number of nitrogens with zero attached hydrogens (tertiary/aromatic N) is 3. The van der Waals surface area contributed by atoms with Gasteiger partial charge >= 0.3 is 5.97 Å². The number of ether oxygens (including phenoxy) is 1. The number of carboxylic acid groups (broad SMARTS) is 1. The molecule has 1 heterocycles. The SMILES string of the molecule is C[C@@H]1C[C@H]([C@@H]([C@H](N=[N+]=[N-])C(=O)O)C2(C)C=CC(Cl)=CC2)C[C@H](C)O1. The van der Waals surface area contributed by atoms with E-state index in [1.165, 1.54) is 0 Å². The Kier molecular flexibility index (Phi) is 5.97. The first-order chi connectivity index (χ1) is 11.3. The first kappa shape index (κ1) is 18.8. The van der Waals surface area contributed by atoms with Crippen LogP contribution in [-0.2, 0) is 9.53 Å². The molecule has 7 heteroatoms. The Hall–Kier alpha value is -1.49. The molecule has 1 saturated heterocycles. The van der Waals surface area contributed by atoms with Crippen LogP contribution >= 0.6 is 11.6 Å². The Bertz CT molecular complexity index is 588. The van der Waals surface area contributed by atoms with E-state index in [1.807, 2.05) is 32.9 Å². The summed E-state index contributed by atoms with van der Waals surface area (Å²) in [7, 11) is 0. The molecular formula is C17H24ClN3O3. The summed E-state index contributed by atoms with van der Waals surface area (Å²) in [6, 6.07) is -1.11. The van der Waals surface area contributed by atoms with Crippen LogP contribution in [0, 0.1) is 17.3 Å². The summed E-state index contributed by atoms with van der Waals surface area (Å²) in [6.07, 6.45) is 7.90. The van der Waals surface area contributed by atoms with E-state index in [9.17, 15) is 9.90 Å². The second kappa shape index (κ2) is 7.60. The van der Waals surface area contributed by atoms with Crippen molar-refractivity contribution in [1.29, 1.82) is 0 Å². The largest absolute Gasteiger partial charge is 0.481 e. The molecule has 2 rings (SSSR count). The molecule has 1 fully saturated rings. The van der Waals surface area contributed by atoms with Gasteiger partial charge in [0.15, 0.2) is 0 Å². The second-order valence-electron chi connectivity index (χ2n) is 7.13. The summed E-state index contributed by atoms with van der Waals surface area (Å²) < 4.78 is 5.80. The van der Waals surface area contributed by atoms with E-state index in [0.717, 1.165) is 12.8 Å². The Morgan fingerprint density at radius 2 is 2.12 bits per heavy atom. The third-order valence-electron chi connectivity index (χ3n) is 5.13. The standard InChI is InChI=1S/C17H24ClN3O3/c1-10-8-12(9-11(2)24-10)14(15(16(22)23)20-21-19)17(3)6-4-13(18)5-7-17/h4-6,10-12,14-15H,7-9H2,1-3H3,(H,22,23)/t10-,11+,12+,14-,15-,17?/m0/s1. The molecule has 0 radical (unpaired) electrons. The number of hydrogen-bond donors (Lipinski definition) is 1. The van der Waals surface area contributed by atoms with Crippen molar-refractivity contribution in [2.75, 3.05) is 0 Å². The summed E-state index contributed by atoms with van der Waals surface area (Å²) in [4.78, 5) is 14.6. The van der Waals surface area contributed by atoms with Crippen molar-refractivity contribution in [2.24, 2.45) is 22.4 Å². The molecule has 1 aliphatic carbocycles. The molecule has 0 bridgehead atoms. The van der Waals surface area contributed by atoms with Gasteiger partial charge in [-0.15, -0.1) is 0 Å². The zero-order chi connectivity index (χ0) is 17.9. The van der Waals surface area contributed by atoms with Crippen LogP contribution < -0.4 is 0 Å². The van der Waals surface area contributed by atoms with Gasteiger partial charge in [0.2, 0.25) is 0 Å². The third kappa shape index (κ3) is 4.12. The highest BCUT2D eigenvalue weighted by atomic mass is 35.5. The van der Waals surface area contributed by atoms with E-state index in [4.69, 9.17) is 21.9 Å². The smallest absolute Gasteiger partial charge is 0.312 e. The van der Waals surface area contributed by atoms with Gasteiger partial charge in [0, 0.05) is 9.94 Å². The van der Waals surface area contributed by atoms with Crippen LogP contribution in [-0.4, -0.2) is 29.3 Å². The number of carboxylic acids is 1. The average molecular weight is 354 g/mol. The zero-order valence-corrected chi connectivity index (χ0v) is 15.0. The predicted octanol–water partition coefficient (Wildman–Crippen LogP) is 4.66. The normalized spacial score (nSPS) is 35.5. The summed E-state index contributed by atoms with van der Waals surface area (Å²) in [5, 5.41) is 14.0. The first-order valence-corrected chi connectivity index (χ1v) is 8.62. The van der Waals surface area contributed by atoms with Crippen LogP contribution in [0.1, 0.15) is 40.0 Å². The highest BCUT2D eigenvalue weighted by molar-refractivity contribution is 6.31. The van der Waals surface area contributed by atoms with Crippen LogP contribution in [0.3, 0.4) is 0 Å². The lowest BCUT2D eigenvalue weighted by Crippen LogP contribution is -2.47. The first-order valence-electron chi connectivity index (χ1n) is 8.24. The van der Waals surface area contributed by atoms with Gasteiger partial charge < -0.3 is 9.84 Å². The molecule has 1 N–H and O–H groups in total. The highest BCUT2D eigenvalue weighted by Crippen LogP contribution is 2.48. The molecular weight excluding hydrogens is 330 g/mol. The molecule has 0 amide bonds. The van der Waals surface area contributed by atoms with Gasteiger partial charge in [-0.2, -0.15) is 0 Å². The predicted molar refractivity (Wildman–Crippen MR) is 92.6 cm³/mol. The molecule has 0 aromatic carbocycles. The fourth-order valence-electron chi connectivity index (χ4n) is 4.21. The van der Waals surface area contributed by atoms with Crippen LogP contribution in [0.15, 0.2) is 28.4 Å². The Morgan fingerprint density at radius 1 is 1.50 bits per heavy atom. The molecule has 0 saturated carbocycles. The molecule has 0 spiro atoms. The molecule has 1 aliphatic heterocycles.